The normalized spacial score (nSPS) is 11.6. The van der Waals surface area contributed by atoms with Gasteiger partial charge in [0.15, 0.2) is 0 Å². The van der Waals surface area contributed by atoms with Crippen molar-refractivity contribution in [1.29, 1.82) is 0 Å². The topological polar surface area (TPSA) is 61.4 Å². The summed E-state index contributed by atoms with van der Waals surface area (Å²) >= 11 is 0. The largest absolute Gasteiger partial charge is 0.294 e. The first kappa shape index (κ1) is 28.1. The Morgan fingerprint density at radius 2 is 0.840 bits per heavy atom. The molecule has 0 aliphatic rings. The van der Waals surface area contributed by atoms with Crippen LogP contribution in [0.1, 0.15) is 0 Å². The summed E-state index contributed by atoms with van der Waals surface area (Å²) in [6, 6.07) is 50.5. The molecule has 0 saturated heterocycles. The molecule has 0 spiro atoms. The van der Waals surface area contributed by atoms with Crippen molar-refractivity contribution in [3.63, 3.8) is 0 Å². The Balaban J connectivity index is 1.02. The third-order valence-electron chi connectivity index (χ3n) is 9.55. The molecule has 6 nitrogen and oxygen atoms in total. The summed E-state index contributed by atoms with van der Waals surface area (Å²) in [5.74, 6) is 1.78. The van der Waals surface area contributed by atoms with E-state index in [4.69, 9.17) is 15.0 Å². The molecule has 0 unspecified atom stereocenters. The fourth-order valence-electron chi connectivity index (χ4n) is 7.19. The monoisotopic (exact) mass is 640 g/mol. The summed E-state index contributed by atoms with van der Waals surface area (Å²) in [4.78, 5) is 19.4. The van der Waals surface area contributed by atoms with Gasteiger partial charge in [-0.2, -0.15) is 0 Å². The summed E-state index contributed by atoms with van der Waals surface area (Å²) in [7, 11) is 0. The quantitative estimate of drug-likeness (QED) is 0.188. The number of fused-ring (bicyclic) bond motifs is 6. The van der Waals surface area contributed by atoms with Gasteiger partial charge in [0, 0.05) is 50.6 Å². The second kappa shape index (κ2) is 11.4. The second-order valence-electron chi connectivity index (χ2n) is 12.4. The minimum Gasteiger partial charge on any atom is -0.294 e. The maximum atomic E-state index is 4.91. The lowest BCUT2D eigenvalue weighted by molar-refractivity contribution is 1.08. The molecule has 0 fully saturated rings. The van der Waals surface area contributed by atoms with Crippen molar-refractivity contribution in [2.75, 3.05) is 0 Å². The van der Waals surface area contributed by atoms with E-state index in [1.165, 1.54) is 10.8 Å². The molecular formula is C44H28N6. The summed E-state index contributed by atoms with van der Waals surface area (Å²) in [5, 5.41) is 4.64. The Morgan fingerprint density at radius 3 is 1.38 bits per heavy atom. The highest BCUT2D eigenvalue weighted by molar-refractivity contribution is 6.11. The number of benzene rings is 5. The maximum Gasteiger partial charge on any atom is 0.137 e. The van der Waals surface area contributed by atoms with E-state index in [9.17, 15) is 0 Å². The molecule has 0 atom stereocenters. The Kier molecular flexibility index (Phi) is 6.39. The molecule has 0 amide bonds. The molecule has 10 aromatic rings. The fourth-order valence-corrected chi connectivity index (χ4v) is 7.19. The van der Waals surface area contributed by atoms with Crippen LogP contribution in [0.3, 0.4) is 0 Å². The zero-order valence-corrected chi connectivity index (χ0v) is 26.8. The molecule has 5 aromatic carbocycles. The Labute approximate surface area is 287 Å². The average molecular weight is 641 g/mol. The van der Waals surface area contributed by atoms with Crippen molar-refractivity contribution in [3.8, 4) is 45.3 Å². The van der Waals surface area contributed by atoms with E-state index in [1.807, 2.05) is 49.1 Å². The van der Waals surface area contributed by atoms with Gasteiger partial charge in [0.2, 0.25) is 0 Å². The van der Waals surface area contributed by atoms with Crippen LogP contribution in [-0.4, -0.2) is 29.1 Å². The van der Waals surface area contributed by atoms with Crippen molar-refractivity contribution in [2.45, 2.75) is 0 Å². The fraction of sp³-hybridized carbons (Fsp3) is 0. The Hall–Kier alpha value is -6.92. The van der Waals surface area contributed by atoms with Crippen molar-refractivity contribution < 1.29 is 0 Å². The van der Waals surface area contributed by atoms with E-state index < -0.39 is 0 Å². The lowest BCUT2D eigenvalue weighted by Gasteiger charge is -2.09. The van der Waals surface area contributed by atoms with Crippen molar-refractivity contribution >= 4 is 43.6 Å². The number of nitrogens with zero attached hydrogens (tertiary/aromatic N) is 6. The number of hydrogen-bond acceptors (Lipinski definition) is 4. The van der Waals surface area contributed by atoms with E-state index in [0.29, 0.717) is 0 Å². The number of rotatable bonds is 5. The van der Waals surface area contributed by atoms with Crippen LogP contribution in [0.5, 0.6) is 0 Å². The van der Waals surface area contributed by atoms with E-state index in [2.05, 4.69) is 135 Å². The first-order valence-electron chi connectivity index (χ1n) is 16.6. The van der Waals surface area contributed by atoms with E-state index >= 15 is 0 Å². The Morgan fingerprint density at radius 1 is 0.320 bits per heavy atom. The zero-order chi connectivity index (χ0) is 33.0. The number of para-hydroxylation sites is 2. The maximum absolute atomic E-state index is 4.91. The van der Waals surface area contributed by atoms with E-state index in [0.717, 1.165) is 78.1 Å². The molecule has 5 heterocycles. The molecule has 0 aliphatic heterocycles. The van der Waals surface area contributed by atoms with Gasteiger partial charge in [0.05, 0.1) is 45.8 Å². The SMILES string of the molecule is c1ccc(-c2ccc(-n3c4ccccc4c4cc(-c5cnc(-c6ccc7c(c6)c6ccccc6n7-c6ccccn6)cn5)ccc43)nc2)cc1. The molecule has 0 radical (unpaired) electrons. The van der Waals surface area contributed by atoms with E-state index in [-0.39, 0.29) is 0 Å². The van der Waals surface area contributed by atoms with Crippen molar-refractivity contribution in [1.82, 2.24) is 29.1 Å². The van der Waals surface area contributed by atoms with Crippen molar-refractivity contribution in [2.24, 2.45) is 0 Å². The highest BCUT2D eigenvalue weighted by atomic mass is 15.1. The van der Waals surface area contributed by atoms with Gasteiger partial charge in [-0.05, 0) is 66.2 Å². The van der Waals surface area contributed by atoms with Crippen LogP contribution in [-0.2, 0) is 0 Å². The molecular weight excluding hydrogens is 613 g/mol. The molecule has 6 heteroatoms. The summed E-state index contributed by atoms with van der Waals surface area (Å²) in [5.41, 5.74) is 10.4. The highest BCUT2D eigenvalue weighted by Gasteiger charge is 2.16. The minimum absolute atomic E-state index is 0.825. The number of pyridine rings is 2. The molecule has 234 valence electrons. The van der Waals surface area contributed by atoms with Gasteiger partial charge in [-0.3, -0.25) is 19.1 Å². The molecule has 5 aromatic heterocycles. The predicted molar refractivity (Wildman–Crippen MR) is 203 cm³/mol. The van der Waals surface area contributed by atoms with Crippen molar-refractivity contribution in [3.05, 3.63) is 170 Å². The third-order valence-corrected chi connectivity index (χ3v) is 9.55. The van der Waals surface area contributed by atoms with Crippen LogP contribution in [0, 0.1) is 0 Å². The molecule has 50 heavy (non-hydrogen) atoms. The molecule has 0 bridgehead atoms. The number of hydrogen-bond donors (Lipinski definition) is 0. The molecule has 0 saturated carbocycles. The standard InChI is InChI=1S/C44H28N6/c1-2-10-29(11-3-1)32-19-22-44(48-26-32)50-40-15-7-5-13-34(40)36-25-31(18-21-42(36)50)38-28-46-37(27-47-38)30-17-20-41-35(24-30)33-12-4-6-14-39(33)49(41)43-16-8-9-23-45-43/h1-28H. The van der Waals surface area contributed by atoms with Crippen LogP contribution in [0.4, 0.5) is 0 Å². The van der Waals surface area contributed by atoms with Crippen LogP contribution in [0.15, 0.2) is 170 Å². The van der Waals surface area contributed by atoms with Gasteiger partial charge < -0.3 is 0 Å². The van der Waals surface area contributed by atoms with Gasteiger partial charge in [-0.25, -0.2) is 9.97 Å². The number of aromatic nitrogens is 6. The highest BCUT2D eigenvalue weighted by Crippen LogP contribution is 2.36. The average Bonchev–Trinajstić information content (AvgIpc) is 3.71. The molecule has 0 N–H and O–H groups in total. The van der Waals surface area contributed by atoms with Crippen LogP contribution < -0.4 is 0 Å². The Bertz CT molecular complexity index is 2840. The molecule has 0 aliphatic carbocycles. The van der Waals surface area contributed by atoms with Crippen LogP contribution >= 0.6 is 0 Å². The second-order valence-corrected chi connectivity index (χ2v) is 12.4. The predicted octanol–water partition coefficient (Wildman–Crippen LogP) is 10.5. The lowest BCUT2D eigenvalue weighted by Crippen LogP contribution is -1.97. The summed E-state index contributed by atoms with van der Waals surface area (Å²) in [6.45, 7) is 0. The zero-order valence-electron chi connectivity index (χ0n) is 26.8. The molecule has 10 rings (SSSR count). The van der Waals surface area contributed by atoms with Gasteiger partial charge >= 0.3 is 0 Å². The summed E-state index contributed by atoms with van der Waals surface area (Å²) in [6.07, 6.45) is 7.53. The van der Waals surface area contributed by atoms with Gasteiger partial charge in [0.1, 0.15) is 11.6 Å². The first-order valence-corrected chi connectivity index (χ1v) is 16.6. The third kappa shape index (κ3) is 4.50. The van der Waals surface area contributed by atoms with Crippen LogP contribution in [0.2, 0.25) is 0 Å². The first-order chi connectivity index (χ1) is 24.8. The van der Waals surface area contributed by atoms with Gasteiger partial charge in [-0.1, -0.05) is 84.9 Å². The minimum atomic E-state index is 0.825. The lowest BCUT2D eigenvalue weighted by atomic mass is 10.1. The van der Waals surface area contributed by atoms with Gasteiger partial charge in [-0.15, -0.1) is 0 Å². The van der Waals surface area contributed by atoms with E-state index in [1.54, 1.807) is 0 Å². The van der Waals surface area contributed by atoms with Crippen LogP contribution in [0.25, 0.3) is 88.9 Å². The van der Waals surface area contributed by atoms with Gasteiger partial charge in [0.25, 0.3) is 0 Å². The smallest absolute Gasteiger partial charge is 0.137 e. The summed E-state index contributed by atoms with van der Waals surface area (Å²) < 4.78 is 4.45.